The molecule has 1 heterocycles. The molecular weight excluding hydrogens is 210 g/mol. The first kappa shape index (κ1) is 13.0. The minimum absolute atomic E-state index is 0. The number of aromatic carboxylic acids is 1. The van der Waals surface area contributed by atoms with Crippen LogP contribution in [0.15, 0.2) is 16.5 Å². The fraction of sp³-hybridized carbons (Fsp3) is 0.375. The van der Waals surface area contributed by atoms with Gasteiger partial charge in [0, 0.05) is 12.5 Å². The molecule has 1 aromatic heterocycles. The molecule has 0 saturated heterocycles. The molecule has 14 heavy (non-hydrogen) atoms. The Morgan fingerprint density at radius 2 is 2.21 bits per heavy atom. The highest BCUT2D eigenvalue weighted by molar-refractivity contribution is 5.85. The van der Waals surface area contributed by atoms with Crippen molar-refractivity contribution < 1.29 is 19.4 Å². The molecule has 4 N–H and O–H groups in total. The lowest BCUT2D eigenvalue weighted by Crippen LogP contribution is -2.26. The molecule has 5 nitrogen and oxygen atoms in total. The molecule has 80 valence electrons. The van der Waals surface area contributed by atoms with Crippen molar-refractivity contribution in [2.75, 3.05) is 6.61 Å². The van der Waals surface area contributed by atoms with E-state index in [-0.39, 0.29) is 24.8 Å². The van der Waals surface area contributed by atoms with Gasteiger partial charge in [0.15, 0.2) is 0 Å². The Labute approximate surface area is 86.9 Å². The summed E-state index contributed by atoms with van der Waals surface area (Å²) >= 11 is 0. The third-order valence-corrected chi connectivity index (χ3v) is 1.57. The highest BCUT2D eigenvalue weighted by atomic mass is 35.5. The smallest absolute Gasteiger partial charge is 0.371 e. The van der Waals surface area contributed by atoms with Crippen molar-refractivity contribution in [3.63, 3.8) is 0 Å². The zero-order valence-electron chi connectivity index (χ0n) is 7.34. The van der Waals surface area contributed by atoms with E-state index in [0.717, 1.165) is 0 Å². The average Bonchev–Trinajstić information content (AvgIpc) is 2.52. The fourth-order valence-corrected chi connectivity index (χ4v) is 0.926. The van der Waals surface area contributed by atoms with Gasteiger partial charge in [0.25, 0.3) is 0 Å². The first-order valence-corrected chi connectivity index (χ1v) is 3.82. The van der Waals surface area contributed by atoms with Crippen molar-refractivity contribution in [2.45, 2.75) is 12.5 Å². The molecule has 1 unspecified atom stereocenters. The summed E-state index contributed by atoms with van der Waals surface area (Å²) in [6.45, 7) is -0.150. The molecule has 1 rings (SSSR count). The zero-order chi connectivity index (χ0) is 9.84. The van der Waals surface area contributed by atoms with Crippen LogP contribution in [0.5, 0.6) is 0 Å². The number of nitrogens with two attached hydrogens (primary N) is 1. The number of carbonyl (C=O) groups is 1. The molecule has 0 aliphatic heterocycles. The highest BCUT2D eigenvalue weighted by Gasteiger charge is 2.10. The largest absolute Gasteiger partial charge is 0.475 e. The van der Waals surface area contributed by atoms with Crippen LogP contribution in [-0.2, 0) is 6.42 Å². The van der Waals surface area contributed by atoms with E-state index in [9.17, 15) is 4.79 Å². The van der Waals surface area contributed by atoms with Crippen molar-refractivity contribution in [3.05, 3.63) is 23.7 Å². The van der Waals surface area contributed by atoms with Gasteiger partial charge in [-0.1, -0.05) is 0 Å². The number of carboxylic acids is 1. The topological polar surface area (TPSA) is 96.7 Å². The van der Waals surface area contributed by atoms with E-state index in [4.69, 9.17) is 20.4 Å². The maximum Gasteiger partial charge on any atom is 0.371 e. The first-order valence-electron chi connectivity index (χ1n) is 3.82. The number of aliphatic hydroxyl groups excluding tert-OH is 1. The lowest BCUT2D eigenvalue weighted by atomic mass is 10.2. The van der Waals surface area contributed by atoms with Gasteiger partial charge in [0.1, 0.15) is 5.76 Å². The van der Waals surface area contributed by atoms with Crippen molar-refractivity contribution in [2.24, 2.45) is 5.73 Å². The summed E-state index contributed by atoms with van der Waals surface area (Å²) in [5.41, 5.74) is 5.43. The number of hydrogen-bond donors (Lipinski definition) is 3. The Bertz CT molecular complexity index is 299. The minimum Gasteiger partial charge on any atom is -0.475 e. The molecule has 1 aromatic rings. The maximum atomic E-state index is 10.4. The van der Waals surface area contributed by atoms with Gasteiger partial charge in [0.05, 0.1) is 6.61 Å². The van der Waals surface area contributed by atoms with E-state index in [1.165, 1.54) is 6.07 Å². The van der Waals surface area contributed by atoms with Gasteiger partial charge in [-0.2, -0.15) is 0 Å². The Morgan fingerprint density at radius 3 is 2.64 bits per heavy atom. The van der Waals surface area contributed by atoms with E-state index in [1.54, 1.807) is 6.07 Å². The van der Waals surface area contributed by atoms with E-state index in [1.807, 2.05) is 0 Å². The monoisotopic (exact) mass is 221 g/mol. The quantitative estimate of drug-likeness (QED) is 0.678. The summed E-state index contributed by atoms with van der Waals surface area (Å²) in [6.07, 6.45) is 0.337. The minimum atomic E-state index is -1.11. The number of halogens is 1. The second kappa shape index (κ2) is 5.64. The molecular formula is C8H12ClNO4. The van der Waals surface area contributed by atoms with Crippen molar-refractivity contribution in [1.82, 2.24) is 0 Å². The molecule has 0 spiro atoms. The number of furan rings is 1. The van der Waals surface area contributed by atoms with Crippen LogP contribution in [-0.4, -0.2) is 28.8 Å². The Morgan fingerprint density at radius 1 is 1.57 bits per heavy atom. The van der Waals surface area contributed by atoms with Crippen LogP contribution in [0.3, 0.4) is 0 Å². The second-order valence-electron chi connectivity index (χ2n) is 2.72. The first-order chi connectivity index (χ1) is 6.13. The van der Waals surface area contributed by atoms with Crippen molar-refractivity contribution in [3.8, 4) is 0 Å². The van der Waals surface area contributed by atoms with Crippen molar-refractivity contribution >= 4 is 18.4 Å². The molecule has 0 fully saturated rings. The molecule has 0 aliphatic rings. The van der Waals surface area contributed by atoms with Gasteiger partial charge in [-0.3, -0.25) is 0 Å². The molecule has 1 atom stereocenters. The van der Waals surface area contributed by atoms with Gasteiger partial charge in [-0.15, -0.1) is 12.4 Å². The van der Waals surface area contributed by atoms with Crippen LogP contribution in [0.2, 0.25) is 0 Å². The maximum absolute atomic E-state index is 10.4. The lowest BCUT2D eigenvalue weighted by Gasteiger charge is -2.03. The van der Waals surface area contributed by atoms with Gasteiger partial charge in [-0.05, 0) is 12.1 Å². The van der Waals surface area contributed by atoms with Crippen molar-refractivity contribution in [1.29, 1.82) is 0 Å². The van der Waals surface area contributed by atoms with Gasteiger partial charge < -0.3 is 20.4 Å². The molecule has 0 aliphatic carbocycles. The normalized spacial score (nSPS) is 11.9. The number of aliphatic hydroxyl groups is 1. The third-order valence-electron chi connectivity index (χ3n) is 1.57. The Kier molecular flexibility index (Phi) is 5.22. The van der Waals surface area contributed by atoms with E-state index >= 15 is 0 Å². The summed E-state index contributed by atoms with van der Waals surface area (Å²) in [6, 6.07) is 2.49. The summed E-state index contributed by atoms with van der Waals surface area (Å²) in [5, 5.41) is 17.1. The van der Waals surface area contributed by atoms with Gasteiger partial charge in [0.2, 0.25) is 5.76 Å². The van der Waals surface area contributed by atoms with E-state index < -0.39 is 12.0 Å². The van der Waals surface area contributed by atoms with Crippen LogP contribution in [0.25, 0.3) is 0 Å². The standard InChI is InChI=1S/C8H11NO4.ClH/c9-5(4-10)3-6-1-2-7(13-6)8(11)12;/h1-2,5,10H,3-4,9H2,(H,11,12);1H. The highest BCUT2D eigenvalue weighted by Crippen LogP contribution is 2.09. The number of rotatable bonds is 4. The Balaban J connectivity index is 0.00000169. The van der Waals surface area contributed by atoms with Crippen LogP contribution in [0.1, 0.15) is 16.3 Å². The molecule has 0 amide bonds. The molecule has 0 aromatic carbocycles. The second-order valence-corrected chi connectivity index (χ2v) is 2.72. The summed E-state index contributed by atoms with van der Waals surface area (Å²) in [7, 11) is 0. The van der Waals surface area contributed by atoms with E-state index in [2.05, 4.69) is 0 Å². The SMILES string of the molecule is Cl.NC(CO)Cc1ccc(C(=O)O)o1. The summed E-state index contributed by atoms with van der Waals surface area (Å²) in [4.78, 5) is 10.4. The predicted octanol–water partition coefficient (Wildman–Crippen LogP) is 0.262. The van der Waals surface area contributed by atoms with Gasteiger partial charge in [-0.25, -0.2) is 4.79 Å². The summed E-state index contributed by atoms with van der Waals surface area (Å²) in [5.74, 6) is -0.747. The van der Waals surface area contributed by atoms with Crippen LogP contribution in [0.4, 0.5) is 0 Å². The molecule has 6 heteroatoms. The summed E-state index contributed by atoms with van der Waals surface area (Å²) < 4.78 is 4.93. The predicted molar refractivity (Wildman–Crippen MR) is 51.7 cm³/mol. The third kappa shape index (κ3) is 3.37. The molecule has 0 saturated carbocycles. The van der Waals surface area contributed by atoms with E-state index in [0.29, 0.717) is 12.2 Å². The lowest BCUT2D eigenvalue weighted by molar-refractivity contribution is 0.0660. The fourth-order valence-electron chi connectivity index (χ4n) is 0.926. The number of hydrogen-bond acceptors (Lipinski definition) is 4. The van der Waals surface area contributed by atoms with Crippen LogP contribution < -0.4 is 5.73 Å². The molecule has 0 radical (unpaired) electrons. The Hall–Kier alpha value is -1.04. The van der Waals surface area contributed by atoms with Crippen LogP contribution in [0, 0.1) is 0 Å². The average molecular weight is 222 g/mol. The van der Waals surface area contributed by atoms with Gasteiger partial charge >= 0.3 is 5.97 Å². The van der Waals surface area contributed by atoms with Crippen LogP contribution >= 0.6 is 12.4 Å². The zero-order valence-corrected chi connectivity index (χ0v) is 8.16. The number of carboxylic acid groups (broad SMARTS) is 1. The molecule has 0 bridgehead atoms.